The van der Waals surface area contributed by atoms with Gasteiger partial charge in [0.2, 0.25) is 0 Å². The van der Waals surface area contributed by atoms with Gasteiger partial charge in [0.1, 0.15) is 0 Å². The lowest BCUT2D eigenvalue weighted by Crippen LogP contribution is -1.92. The molecule has 0 fully saturated rings. The highest BCUT2D eigenvalue weighted by atomic mass is 35.5. The van der Waals surface area contributed by atoms with E-state index in [0.29, 0.717) is 5.88 Å². The molecular weight excluding hydrogens is 215 g/mol. The number of allylic oxidation sites excluding steroid dienone is 2. The van der Waals surface area contributed by atoms with E-state index < -0.39 is 0 Å². The van der Waals surface area contributed by atoms with Crippen molar-refractivity contribution in [3.8, 4) is 0 Å². The van der Waals surface area contributed by atoms with Crippen LogP contribution in [0.15, 0.2) is 12.2 Å². The lowest BCUT2D eigenvalue weighted by atomic mass is 10.1. The van der Waals surface area contributed by atoms with Gasteiger partial charge in [0.15, 0.2) is 0 Å². The third-order valence-electron chi connectivity index (χ3n) is 2.22. The molecule has 0 bridgehead atoms. The van der Waals surface area contributed by atoms with Gasteiger partial charge in [-0.3, -0.25) is 0 Å². The Labute approximate surface area is 98.7 Å². The molecule has 0 rings (SSSR count). The molecule has 0 aromatic rings. The van der Waals surface area contributed by atoms with E-state index in [1.165, 1.54) is 38.5 Å². The smallest absolute Gasteiger partial charge is 0.0651 e. The number of alkyl halides is 2. The van der Waals surface area contributed by atoms with Crippen LogP contribution in [0.3, 0.4) is 0 Å². The van der Waals surface area contributed by atoms with Crippen LogP contribution >= 0.6 is 23.2 Å². The fourth-order valence-electron chi connectivity index (χ4n) is 1.34. The Bertz CT molecular complexity index is 132. The summed E-state index contributed by atoms with van der Waals surface area (Å²) in [6, 6.07) is 0. The molecule has 14 heavy (non-hydrogen) atoms. The molecule has 1 atom stereocenters. The third-order valence-corrected chi connectivity index (χ3v) is 3.01. The minimum absolute atomic E-state index is 0.0109. The molecule has 0 amide bonds. The number of hydrogen-bond donors (Lipinski definition) is 0. The summed E-state index contributed by atoms with van der Waals surface area (Å²) in [5, 5.41) is 0.0109. The third kappa shape index (κ3) is 10.4. The normalized spacial score (nSPS) is 13.6. The van der Waals surface area contributed by atoms with Crippen molar-refractivity contribution in [3.05, 3.63) is 12.2 Å². The van der Waals surface area contributed by atoms with E-state index in [9.17, 15) is 0 Å². The van der Waals surface area contributed by atoms with Crippen LogP contribution in [-0.4, -0.2) is 11.3 Å². The molecule has 0 saturated heterocycles. The van der Waals surface area contributed by atoms with Crippen molar-refractivity contribution in [1.82, 2.24) is 0 Å². The summed E-state index contributed by atoms with van der Waals surface area (Å²) in [5.74, 6) is 0.508. The minimum atomic E-state index is 0.0109. The Morgan fingerprint density at radius 1 is 1.07 bits per heavy atom. The molecule has 0 aromatic heterocycles. The standard InChI is InChI=1S/C12H22Cl2/c1-2-3-4-5-6-7-8-9-10-12(14)11-13/h9-10,12H,2-8,11H2,1H3. The van der Waals surface area contributed by atoms with Crippen LogP contribution in [0, 0.1) is 0 Å². The molecule has 2 heteroatoms. The second-order valence-electron chi connectivity index (χ2n) is 3.65. The van der Waals surface area contributed by atoms with Gasteiger partial charge in [-0.1, -0.05) is 51.2 Å². The van der Waals surface area contributed by atoms with Crippen molar-refractivity contribution >= 4 is 23.2 Å². The number of rotatable bonds is 9. The van der Waals surface area contributed by atoms with Gasteiger partial charge < -0.3 is 0 Å². The van der Waals surface area contributed by atoms with Crippen molar-refractivity contribution in [3.63, 3.8) is 0 Å². The zero-order valence-corrected chi connectivity index (χ0v) is 10.7. The predicted octanol–water partition coefficient (Wildman–Crippen LogP) is 5.14. The van der Waals surface area contributed by atoms with Gasteiger partial charge in [-0.2, -0.15) is 0 Å². The molecule has 0 aromatic carbocycles. The lowest BCUT2D eigenvalue weighted by Gasteiger charge is -1.98. The average Bonchev–Trinajstić information content (AvgIpc) is 2.21. The van der Waals surface area contributed by atoms with E-state index in [0.717, 1.165) is 6.42 Å². The first-order valence-corrected chi connectivity index (χ1v) is 6.65. The topological polar surface area (TPSA) is 0 Å². The van der Waals surface area contributed by atoms with E-state index in [2.05, 4.69) is 13.0 Å². The van der Waals surface area contributed by atoms with Crippen molar-refractivity contribution in [1.29, 1.82) is 0 Å². The molecule has 0 aliphatic heterocycles. The zero-order valence-electron chi connectivity index (χ0n) is 9.14. The lowest BCUT2D eigenvalue weighted by molar-refractivity contribution is 0.611. The fraction of sp³-hybridized carbons (Fsp3) is 0.833. The highest BCUT2D eigenvalue weighted by Gasteiger charge is 1.93. The Balaban J connectivity index is 3.09. The minimum Gasteiger partial charge on any atom is -0.125 e. The van der Waals surface area contributed by atoms with Crippen LogP contribution in [0.5, 0.6) is 0 Å². The molecule has 0 heterocycles. The van der Waals surface area contributed by atoms with Crippen molar-refractivity contribution < 1.29 is 0 Å². The largest absolute Gasteiger partial charge is 0.125 e. The van der Waals surface area contributed by atoms with Crippen molar-refractivity contribution in [2.24, 2.45) is 0 Å². The van der Waals surface area contributed by atoms with Crippen LogP contribution < -0.4 is 0 Å². The van der Waals surface area contributed by atoms with Gasteiger partial charge in [0, 0.05) is 5.88 Å². The Morgan fingerprint density at radius 3 is 2.36 bits per heavy atom. The highest BCUT2D eigenvalue weighted by Crippen LogP contribution is 2.08. The fourth-order valence-corrected chi connectivity index (χ4v) is 1.54. The predicted molar refractivity (Wildman–Crippen MR) is 67.5 cm³/mol. The van der Waals surface area contributed by atoms with Gasteiger partial charge in [-0.15, -0.1) is 23.2 Å². The summed E-state index contributed by atoms with van der Waals surface area (Å²) in [6.45, 7) is 2.25. The Kier molecular flexibility index (Phi) is 11.7. The molecule has 0 spiro atoms. The van der Waals surface area contributed by atoms with E-state index in [1.807, 2.05) is 6.08 Å². The molecule has 0 N–H and O–H groups in total. The highest BCUT2D eigenvalue weighted by molar-refractivity contribution is 6.28. The van der Waals surface area contributed by atoms with Crippen LogP contribution in [-0.2, 0) is 0 Å². The van der Waals surface area contributed by atoms with E-state index >= 15 is 0 Å². The molecule has 0 saturated carbocycles. The van der Waals surface area contributed by atoms with Gasteiger partial charge >= 0.3 is 0 Å². The average molecular weight is 237 g/mol. The Morgan fingerprint density at radius 2 is 1.71 bits per heavy atom. The molecular formula is C12H22Cl2. The zero-order chi connectivity index (χ0) is 10.6. The van der Waals surface area contributed by atoms with Crippen LogP contribution in [0.1, 0.15) is 51.9 Å². The number of hydrogen-bond acceptors (Lipinski definition) is 0. The second kappa shape index (κ2) is 11.4. The molecule has 0 radical (unpaired) electrons. The molecule has 1 unspecified atom stereocenters. The summed E-state index contributed by atoms with van der Waals surface area (Å²) in [6.07, 6.45) is 13.4. The maximum Gasteiger partial charge on any atom is 0.0651 e. The van der Waals surface area contributed by atoms with E-state index in [4.69, 9.17) is 23.2 Å². The summed E-state index contributed by atoms with van der Waals surface area (Å²) in [7, 11) is 0. The first-order valence-electron chi connectivity index (χ1n) is 5.68. The first kappa shape index (κ1) is 14.3. The van der Waals surface area contributed by atoms with Crippen molar-refractivity contribution in [2.75, 3.05) is 5.88 Å². The van der Waals surface area contributed by atoms with E-state index in [1.54, 1.807) is 0 Å². The van der Waals surface area contributed by atoms with E-state index in [-0.39, 0.29) is 5.38 Å². The molecule has 0 nitrogen and oxygen atoms in total. The number of unbranched alkanes of at least 4 members (excludes halogenated alkanes) is 6. The molecule has 0 aliphatic rings. The quantitative estimate of drug-likeness (QED) is 0.296. The van der Waals surface area contributed by atoms with Crippen LogP contribution in [0.4, 0.5) is 0 Å². The van der Waals surface area contributed by atoms with Crippen LogP contribution in [0.2, 0.25) is 0 Å². The van der Waals surface area contributed by atoms with Gasteiger partial charge in [-0.25, -0.2) is 0 Å². The second-order valence-corrected chi connectivity index (χ2v) is 4.52. The summed E-state index contributed by atoms with van der Waals surface area (Å²) < 4.78 is 0. The number of halogens is 2. The summed E-state index contributed by atoms with van der Waals surface area (Å²) >= 11 is 11.4. The SMILES string of the molecule is CCCCCCCCC=CC(Cl)CCl. The van der Waals surface area contributed by atoms with Gasteiger partial charge in [0.25, 0.3) is 0 Å². The van der Waals surface area contributed by atoms with Crippen molar-refractivity contribution in [2.45, 2.75) is 57.2 Å². The maximum atomic E-state index is 5.83. The first-order chi connectivity index (χ1) is 6.81. The Hall–Kier alpha value is 0.320. The molecule has 0 aliphatic carbocycles. The maximum absolute atomic E-state index is 5.83. The van der Waals surface area contributed by atoms with Gasteiger partial charge in [-0.05, 0) is 12.8 Å². The van der Waals surface area contributed by atoms with Crippen LogP contribution in [0.25, 0.3) is 0 Å². The monoisotopic (exact) mass is 236 g/mol. The summed E-state index contributed by atoms with van der Waals surface area (Å²) in [4.78, 5) is 0. The van der Waals surface area contributed by atoms with Gasteiger partial charge in [0.05, 0.1) is 5.38 Å². The molecule has 84 valence electrons. The summed E-state index contributed by atoms with van der Waals surface area (Å²) in [5.41, 5.74) is 0.